The summed E-state index contributed by atoms with van der Waals surface area (Å²) in [5.41, 5.74) is 5.79. The minimum Gasteiger partial charge on any atom is -0.330 e. The number of anilines is 1. The standard InChI is InChI=1S/C10H12ClN3O2S/c11-9-3-2-8(7-13)6-10(9)14-17(15,16)5-1-4-12/h2-3,6,14H,1,4-5,12H2. The molecule has 0 heterocycles. The maximum atomic E-state index is 11.6. The Morgan fingerprint density at radius 2 is 2.18 bits per heavy atom. The molecule has 0 aliphatic carbocycles. The first-order valence-corrected chi connectivity index (χ1v) is 6.92. The highest BCUT2D eigenvalue weighted by atomic mass is 35.5. The highest BCUT2D eigenvalue weighted by Crippen LogP contribution is 2.23. The van der Waals surface area contributed by atoms with Gasteiger partial charge in [-0.15, -0.1) is 0 Å². The molecule has 0 bridgehead atoms. The Hall–Kier alpha value is -1.29. The molecular formula is C10H12ClN3O2S. The summed E-state index contributed by atoms with van der Waals surface area (Å²) in [7, 11) is -3.47. The van der Waals surface area contributed by atoms with E-state index in [2.05, 4.69) is 4.72 Å². The first-order chi connectivity index (χ1) is 7.98. The third-order valence-corrected chi connectivity index (χ3v) is 3.66. The number of nitrogens with one attached hydrogen (secondary N) is 1. The Labute approximate surface area is 105 Å². The van der Waals surface area contributed by atoms with E-state index in [1.807, 2.05) is 6.07 Å². The second kappa shape index (κ2) is 5.87. The van der Waals surface area contributed by atoms with Crippen molar-refractivity contribution >= 4 is 27.3 Å². The van der Waals surface area contributed by atoms with Gasteiger partial charge in [-0.3, -0.25) is 4.72 Å². The summed E-state index contributed by atoms with van der Waals surface area (Å²) in [6, 6.07) is 6.29. The van der Waals surface area contributed by atoms with Crippen molar-refractivity contribution in [2.24, 2.45) is 5.73 Å². The summed E-state index contributed by atoms with van der Waals surface area (Å²) in [5, 5.41) is 8.96. The van der Waals surface area contributed by atoms with Crippen molar-refractivity contribution in [1.82, 2.24) is 0 Å². The fourth-order valence-electron chi connectivity index (χ4n) is 1.16. The molecule has 0 saturated carbocycles. The summed E-state index contributed by atoms with van der Waals surface area (Å²) in [4.78, 5) is 0. The predicted octanol–water partition coefficient (Wildman–Crippen LogP) is 1.30. The highest BCUT2D eigenvalue weighted by molar-refractivity contribution is 7.92. The number of halogens is 1. The molecule has 92 valence electrons. The van der Waals surface area contributed by atoms with Crippen LogP contribution in [0.5, 0.6) is 0 Å². The van der Waals surface area contributed by atoms with E-state index in [1.54, 1.807) is 0 Å². The largest absolute Gasteiger partial charge is 0.330 e. The van der Waals surface area contributed by atoms with Crippen LogP contribution in [-0.2, 0) is 10.0 Å². The van der Waals surface area contributed by atoms with Crippen molar-refractivity contribution in [1.29, 1.82) is 5.26 Å². The molecule has 0 aliphatic rings. The van der Waals surface area contributed by atoms with Crippen LogP contribution < -0.4 is 10.5 Å². The topological polar surface area (TPSA) is 96.0 Å². The minimum atomic E-state index is -3.47. The molecule has 0 fully saturated rings. The molecule has 5 nitrogen and oxygen atoms in total. The normalized spacial score (nSPS) is 10.9. The van der Waals surface area contributed by atoms with Crippen molar-refractivity contribution in [3.63, 3.8) is 0 Å². The zero-order valence-corrected chi connectivity index (χ0v) is 10.6. The van der Waals surface area contributed by atoms with Crippen LogP contribution >= 0.6 is 11.6 Å². The molecule has 0 atom stereocenters. The lowest BCUT2D eigenvalue weighted by Crippen LogP contribution is -2.19. The SMILES string of the molecule is N#Cc1ccc(Cl)c(NS(=O)(=O)CCCN)c1. The van der Waals surface area contributed by atoms with Gasteiger partial charge < -0.3 is 5.73 Å². The number of rotatable bonds is 5. The van der Waals surface area contributed by atoms with Gasteiger partial charge in [0.2, 0.25) is 10.0 Å². The number of nitrogens with zero attached hydrogens (tertiary/aromatic N) is 1. The quantitative estimate of drug-likeness (QED) is 0.845. The van der Waals surface area contributed by atoms with Gasteiger partial charge in [0.05, 0.1) is 28.1 Å². The van der Waals surface area contributed by atoms with Crippen LogP contribution in [0.15, 0.2) is 18.2 Å². The molecule has 0 amide bonds. The van der Waals surface area contributed by atoms with Gasteiger partial charge >= 0.3 is 0 Å². The Balaban J connectivity index is 2.91. The van der Waals surface area contributed by atoms with Gasteiger partial charge in [0.15, 0.2) is 0 Å². The fraction of sp³-hybridized carbons (Fsp3) is 0.300. The van der Waals surface area contributed by atoms with Gasteiger partial charge in [-0.2, -0.15) is 5.26 Å². The van der Waals surface area contributed by atoms with Gasteiger partial charge in [-0.05, 0) is 31.2 Å². The highest BCUT2D eigenvalue weighted by Gasteiger charge is 2.12. The van der Waals surface area contributed by atoms with Crippen molar-refractivity contribution in [3.8, 4) is 6.07 Å². The molecule has 1 aromatic rings. The Morgan fingerprint density at radius 1 is 1.47 bits per heavy atom. The zero-order chi connectivity index (χ0) is 12.9. The van der Waals surface area contributed by atoms with Crippen LogP contribution in [-0.4, -0.2) is 20.7 Å². The number of nitrogens with two attached hydrogens (primary N) is 1. The summed E-state index contributed by atoms with van der Waals surface area (Å²) < 4.78 is 25.5. The molecule has 0 saturated heterocycles. The van der Waals surface area contributed by atoms with Crippen molar-refractivity contribution in [3.05, 3.63) is 28.8 Å². The van der Waals surface area contributed by atoms with Gasteiger partial charge in [0, 0.05) is 0 Å². The number of hydrogen-bond acceptors (Lipinski definition) is 4. The molecule has 0 aliphatic heterocycles. The lowest BCUT2D eigenvalue weighted by molar-refractivity contribution is 0.599. The molecule has 1 rings (SSSR count). The first-order valence-electron chi connectivity index (χ1n) is 4.89. The number of benzene rings is 1. The van der Waals surface area contributed by atoms with E-state index in [9.17, 15) is 8.42 Å². The van der Waals surface area contributed by atoms with Crippen LogP contribution in [0.3, 0.4) is 0 Å². The fourth-order valence-corrected chi connectivity index (χ4v) is 2.54. The molecule has 0 spiro atoms. The van der Waals surface area contributed by atoms with Gasteiger partial charge in [0.1, 0.15) is 0 Å². The molecule has 0 unspecified atom stereocenters. The second-order valence-electron chi connectivity index (χ2n) is 3.37. The van der Waals surface area contributed by atoms with Gasteiger partial charge in [-0.1, -0.05) is 11.6 Å². The van der Waals surface area contributed by atoms with E-state index in [-0.39, 0.29) is 16.5 Å². The smallest absolute Gasteiger partial charge is 0.232 e. The maximum absolute atomic E-state index is 11.6. The summed E-state index contributed by atoms with van der Waals surface area (Å²) in [5.74, 6) is -0.0728. The molecule has 0 aromatic heterocycles. The molecule has 1 aromatic carbocycles. The number of sulfonamides is 1. The van der Waals surface area contributed by atoms with E-state index >= 15 is 0 Å². The molecular weight excluding hydrogens is 262 g/mol. The third kappa shape index (κ3) is 4.23. The first kappa shape index (κ1) is 13.8. The molecule has 0 radical (unpaired) electrons. The van der Waals surface area contributed by atoms with Gasteiger partial charge in [-0.25, -0.2) is 8.42 Å². The van der Waals surface area contributed by atoms with Crippen LogP contribution in [0.1, 0.15) is 12.0 Å². The van der Waals surface area contributed by atoms with E-state index < -0.39 is 10.0 Å². The Morgan fingerprint density at radius 3 is 2.76 bits per heavy atom. The molecule has 3 N–H and O–H groups in total. The second-order valence-corrected chi connectivity index (χ2v) is 5.62. The monoisotopic (exact) mass is 273 g/mol. The Kier molecular flexibility index (Phi) is 4.75. The minimum absolute atomic E-state index is 0.0728. The summed E-state index contributed by atoms with van der Waals surface area (Å²) in [6.07, 6.45) is 0.366. The zero-order valence-electron chi connectivity index (χ0n) is 8.98. The lowest BCUT2D eigenvalue weighted by Gasteiger charge is -2.09. The van der Waals surface area contributed by atoms with Crippen LogP contribution in [0.2, 0.25) is 5.02 Å². The van der Waals surface area contributed by atoms with Crippen LogP contribution in [0.4, 0.5) is 5.69 Å². The van der Waals surface area contributed by atoms with Crippen molar-refractivity contribution in [2.45, 2.75) is 6.42 Å². The molecule has 17 heavy (non-hydrogen) atoms. The average molecular weight is 274 g/mol. The third-order valence-electron chi connectivity index (χ3n) is 1.98. The maximum Gasteiger partial charge on any atom is 0.232 e. The van der Waals surface area contributed by atoms with Gasteiger partial charge in [0.25, 0.3) is 0 Å². The van der Waals surface area contributed by atoms with Crippen LogP contribution in [0, 0.1) is 11.3 Å². The van der Waals surface area contributed by atoms with E-state index in [4.69, 9.17) is 22.6 Å². The van der Waals surface area contributed by atoms with E-state index in [0.29, 0.717) is 18.5 Å². The Bertz CT molecular complexity index is 537. The van der Waals surface area contributed by atoms with E-state index in [0.717, 1.165) is 0 Å². The summed E-state index contributed by atoms with van der Waals surface area (Å²) in [6.45, 7) is 0.298. The predicted molar refractivity (Wildman–Crippen MR) is 67.2 cm³/mol. The van der Waals surface area contributed by atoms with Crippen molar-refractivity contribution in [2.75, 3.05) is 17.0 Å². The lowest BCUT2D eigenvalue weighted by atomic mass is 10.2. The van der Waals surface area contributed by atoms with Crippen molar-refractivity contribution < 1.29 is 8.42 Å². The number of hydrogen-bond donors (Lipinski definition) is 2. The average Bonchev–Trinajstić information content (AvgIpc) is 2.29. The van der Waals surface area contributed by atoms with Crippen LogP contribution in [0.25, 0.3) is 0 Å². The summed E-state index contributed by atoms with van der Waals surface area (Å²) >= 11 is 5.83. The number of nitriles is 1. The molecule has 7 heteroatoms. The van der Waals surface area contributed by atoms with E-state index in [1.165, 1.54) is 18.2 Å².